The summed E-state index contributed by atoms with van der Waals surface area (Å²) < 4.78 is 34.1. The quantitative estimate of drug-likeness (QED) is 0.322. The molecule has 0 amide bonds. The van der Waals surface area contributed by atoms with Crippen LogP contribution >= 0.6 is 0 Å². The molecule has 0 unspecified atom stereocenters. The van der Waals surface area contributed by atoms with E-state index < -0.39 is 10.4 Å². The van der Waals surface area contributed by atoms with E-state index in [2.05, 4.69) is 0 Å². The first-order valence-corrected chi connectivity index (χ1v) is 2.00. The molecule has 52 valence electrons. The third kappa shape index (κ3) is 136. The average molecular weight is 311 g/mol. The van der Waals surface area contributed by atoms with E-state index in [9.17, 15) is 0 Å². The van der Waals surface area contributed by atoms with Crippen molar-refractivity contribution in [2.75, 3.05) is 0 Å². The Kier molecular flexibility index (Phi) is 12.0. The van der Waals surface area contributed by atoms with Crippen molar-refractivity contribution in [1.29, 1.82) is 0 Å². The molecule has 7 heteroatoms. The summed E-state index contributed by atoms with van der Waals surface area (Å²) in [6, 6.07) is 0. The van der Waals surface area contributed by atoms with Crippen molar-refractivity contribution in [1.82, 2.24) is 0 Å². The molecule has 0 radical (unpaired) electrons. The fourth-order valence-electron chi connectivity index (χ4n) is 0. The van der Waals surface area contributed by atoms with Gasteiger partial charge in [-0.25, -0.2) is 0 Å². The van der Waals surface area contributed by atoms with Crippen LogP contribution in [0.2, 0.25) is 0 Å². The van der Waals surface area contributed by atoms with Gasteiger partial charge in [0.25, 0.3) is 0 Å². The van der Waals surface area contributed by atoms with Crippen LogP contribution in [0.3, 0.4) is 0 Å². The van der Waals surface area contributed by atoms with Crippen LogP contribution in [0.15, 0.2) is 0 Å². The maximum atomic E-state index is 8.52. The molecule has 0 fully saturated rings. The Hall–Kier alpha value is 1.19. The first-order valence-electron chi connectivity index (χ1n) is 0.667. The Morgan fingerprint density at radius 1 is 1.14 bits per heavy atom. The van der Waals surface area contributed by atoms with Gasteiger partial charge in [-0.15, -0.1) is 0 Å². The third-order valence-corrected chi connectivity index (χ3v) is 0. The molecular formula is H2O4Pd2S. The summed E-state index contributed by atoms with van der Waals surface area (Å²) in [7, 11) is -5.17. The monoisotopic (exact) mass is 310 g/mol. The van der Waals surface area contributed by atoms with Gasteiger partial charge in [-0.1, -0.05) is 0 Å². The van der Waals surface area contributed by atoms with E-state index in [0.717, 1.165) is 0 Å². The van der Waals surface area contributed by atoms with Gasteiger partial charge < -0.3 is 12.0 Å². The third-order valence-electron chi connectivity index (χ3n) is 0. The summed E-state index contributed by atoms with van der Waals surface area (Å²) in [5.41, 5.74) is 0. The van der Waals surface area contributed by atoms with Crippen LogP contribution < -0.4 is 0 Å². The van der Waals surface area contributed by atoms with Crippen LogP contribution in [0, 0.1) is 0 Å². The summed E-state index contributed by atoms with van der Waals surface area (Å²) in [5.74, 6) is 0. The molecule has 0 bridgehead atoms. The largest absolute Gasteiger partial charge is 2.00 e. The molecule has 0 aromatic carbocycles. The van der Waals surface area contributed by atoms with Gasteiger partial charge in [0.1, 0.15) is 0 Å². The van der Waals surface area contributed by atoms with E-state index in [0.29, 0.717) is 0 Å². The van der Waals surface area contributed by atoms with E-state index >= 15 is 0 Å². The van der Waals surface area contributed by atoms with Gasteiger partial charge >= 0.3 is 40.8 Å². The van der Waals surface area contributed by atoms with Crippen LogP contribution in [0.25, 0.3) is 0 Å². The Morgan fingerprint density at radius 3 is 1.14 bits per heavy atom. The molecule has 0 aromatic rings. The molecule has 0 aromatic heterocycles. The SMILES string of the molecule is O=S(=O)([O-])[O-].[H-].[H-].[Pd+2].[Pd+2]. The van der Waals surface area contributed by atoms with Crippen molar-refractivity contribution in [2.24, 2.45) is 0 Å². The smallest absolute Gasteiger partial charge is 1.00 e. The fourth-order valence-corrected chi connectivity index (χ4v) is 0. The minimum atomic E-state index is -5.17. The second-order valence-corrected chi connectivity index (χ2v) is 1.22. The number of hydrogen-bond acceptors (Lipinski definition) is 4. The summed E-state index contributed by atoms with van der Waals surface area (Å²) in [5, 5.41) is 0. The molecule has 0 heterocycles. The summed E-state index contributed by atoms with van der Waals surface area (Å²) in [6.07, 6.45) is 0. The average Bonchev–Trinajstić information content (AvgIpc) is 0.722. The Bertz CT molecular complexity index is 99.7. The van der Waals surface area contributed by atoms with E-state index in [1.54, 1.807) is 0 Å². The molecule has 0 atom stereocenters. The Morgan fingerprint density at radius 2 is 1.14 bits per heavy atom. The van der Waals surface area contributed by atoms with Crippen molar-refractivity contribution in [2.45, 2.75) is 0 Å². The van der Waals surface area contributed by atoms with E-state index in [4.69, 9.17) is 17.5 Å². The topological polar surface area (TPSA) is 80.3 Å². The second kappa shape index (κ2) is 5.33. The van der Waals surface area contributed by atoms with Gasteiger partial charge in [0.05, 0.1) is 0 Å². The first kappa shape index (κ1) is 15.7. The summed E-state index contributed by atoms with van der Waals surface area (Å²) >= 11 is 0. The molecule has 0 saturated heterocycles. The Balaban J connectivity index is -0.0000000133. The van der Waals surface area contributed by atoms with E-state index in [1.165, 1.54) is 0 Å². The van der Waals surface area contributed by atoms with Crippen molar-refractivity contribution < 1.29 is 61.2 Å². The number of rotatable bonds is 0. The van der Waals surface area contributed by atoms with Gasteiger partial charge in [-0.3, -0.25) is 8.42 Å². The zero-order chi connectivity index (χ0) is 4.50. The summed E-state index contributed by atoms with van der Waals surface area (Å²) in [6.45, 7) is 0. The molecule has 0 aliphatic heterocycles. The number of hydrogen-bond donors (Lipinski definition) is 0. The predicted molar refractivity (Wildman–Crippen MR) is 12.7 cm³/mol. The van der Waals surface area contributed by atoms with Crippen LogP contribution in [0.1, 0.15) is 2.85 Å². The van der Waals surface area contributed by atoms with Crippen molar-refractivity contribution in [3.63, 3.8) is 0 Å². The van der Waals surface area contributed by atoms with E-state index in [1.807, 2.05) is 0 Å². The fraction of sp³-hybridized carbons (Fsp3) is 0. The van der Waals surface area contributed by atoms with Crippen LogP contribution in [-0.2, 0) is 51.2 Å². The molecule has 7 heavy (non-hydrogen) atoms. The van der Waals surface area contributed by atoms with Gasteiger partial charge in [0, 0.05) is 10.4 Å². The normalized spacial score (nSPS) is 8.29. The molecular weight excluding hydrogens is 309 g/mol. The van der Waals surface area contributed by atoms with Crippen molar-refractivity contribution in [3.05, 3.63) is 0 Å². The summed E-state index contributed by atoms with van der Waals surface area (Å²) in [4.78, 5) is 0. The molecule has 0 rings (SSSR count). The first-order chi connectivity index (χ1) is 2.00. The maximum absolute atomic E-state index is 8.52. The minimum Gasteiger partial charge on any atom is -1.00 e. The predicted octanol–water partition coefficient (Wildman–Crippen LogP) is -1.12. The van der Waals surface area contributed by atoms with Crippen LogP contribution in [0.4, 0.5) is 0 Å². The minimum absolute atomic E-state index is 0. The van der Waals surface area contributed by atoms with E-state index in [-0.39, 0.29) is 43.7 Å². The Labute approximate surface area is 71.5 Å². The molecule has 0 aliphatic carbocycles. The molecule has 0 spiro atoms. The molecule has 0 N–H and O–H groups in total. The molecule has 0 aliphatic rings. The second-order valence-electron chi connectivity index (χ2n) is 0.408. The van der Waals surface area contributed by atoms with Crippen LogP contribution in [-0.4, -0.2) is 17.5 Å². The van der Waals surface area contributed by atoms with Gasteiger partial charge in [0.15, 0.2) is 0 Å². The standard InChI is InChI=1S/H2O4S.2Pd.2H/c1-5(2,3)4;;;;/h(H2,1,2,3,4);;;;/q;2*+2;2*-1/p-2. The zero-order valence-corrected chi connectivity index (χ0v) is 6.60. The van der Waals surface area contributed by atoms with Gasteiger partial charge in [-0.05, 0) is 0 Å². The van der Waals surface area contributed by atoms with Crippen LogP contribution in [0.5, 0.6) is 0 Å². The van der Waals surface area contributed by atoms with Gasteiger partial charge in [0.2, 0.25) is 0 Å². The van der Waals surface area contributed by atoms with Gasteiger partial charge in [-0.2, -0.15) is 0 Å². The van der Waals surface area contributed by atoms with Crippen molar-refractivity contribution in [3.8, 4) is 0 Å². The van der Waals surface area contributed by atoms with Crippen molar-refractivity contribution >= 4 is 10.4 Å². The zero-order valence-electron chi connectivity index (χ0n) is 4.67. The maximum Gasteiger partial charge on any atom is 2.00 e. The molecule has 4 nitrogen and oxygen atoms in total. The molecule has 0 saturated carbocycles.